The Hall–Kier alpha value is -2.09. The average Bonchev–Trinajstić information content (AvgIpc) is 2.77. The third-order valence-electron chi connectivity index (χ3n) is 2.42. The van der Waals surface area contributed by atoms with Crippen molar-refractivity contribution >= 4 is 17.6 Å². The fourth-order valence-corrected chi connectivity index (χ4v) is 1.77. The van der Waals surface area contributed by atoms with Gasteiger partial charge in [0.05, 0.1) is 16.9 Å². The summed E-state index contributed by atoms with van der Waals surface area (Å²) in [6.45, 7) is 0. The molecular weight excluding hydrogens is 304 g/mol. The van der Waals surface area contributed by atoms with E-state index in [-0.39, 0.29) is 5.69 Å². The summed E-state index contributed by atoms with van der Waals surface area (Å²) < 4.78 is 52.2. The summed E-state index contributed by atoms with van der Waals surface area (Å²) in [7, 11) is 0. The number of nitrogens with zero attached hydrogens (tertiary/aromatic N) is 2. The third kappa shape index (κ3) is 2.46. The van der Waals surface area contributed by atoms with Crippen LogP contribution >= 0.6 is 11.6 Å². The van der Waals surface area contributed by atoms with Gasteiger partial charge in [-0.05, 0) is 18.2 Å². The van der Waals surface area contributed by atoms with Gasteiger partial charge in [-0.2, -0.15) is 18.3 Å². The van der Waals surface area contributed by atoms with Crippen LogP contribution in [-0.4, -0.2) is 20.9 Å². The van der Waals surface area contributed by atoms with Gasteiger partial charge in [-0.3, -0.25) is 0 Å². The molecule has 0 unspecified atom stereocenters. The number of aromatic carboxylic acids is 1. The van der Waals surface area contributed by atoms with E-state index in [1.807, 2.05) is 0 Å². The number of benzene rings is 1. The number of carboxylic acid groups (broad SMARTS) is 1. The van der Waals surface area contributed by atoms with Crippen LogP contribution in [0, 0.1) is 5.82 Å². The molecule has 0 aliphatic rings. The van der Waals surface area contributed by atoms with E-state index in [0.717, 1.165) is 18.2 Å². The van der Waals surface area contributed by atoms with Crippen molar-refractivity contribution in [3.05, 3.63) is 46.5 Å². The highest BCUT2D eigenvalue weighted by atomic mass is 35.5. The molecule has 0 spiro atoms. The second kappa shape index (κ2) is 4.78. The molecule has 0 aliphatic heterocycles. The third-order valence-corrected chi connectivity index (χ3v) is 2.71. The van der Waals surface area contributed by atoms with E-state index in [4.69, 9.17) is 16.7 Å². The lowest BCUT2D eigenvalue weighted by atomic mass is 10.2. The van der Waals surface area contributed by atoms with Crippen LogP contribution in [0.4, 0.5) is 17.6 Å². The number of rotatable bonds is 2. The van der Waals surface area contributed by atoms with E-state index in [2.05, 4.69) is 5.10 Å². The van der Waals surface area contributed by atoms with Gasteiger partial charge in [-0.25, -0.2) is 13.9 Å². The average molecular weight is 309 g/mol. The Morgan fingerprint density at radius 1 is 1.35 bits per heavy atom. The molecule has 0 radical (unpaired) electrons. The van der Waals surface area contributed by atoms with Crippen LogP contribution < -0.4 is 0 Å². The second-order valence-electron chi connectivity index (χ2n) is 3.72. The first-order chi connectivity index (χ1) is 9.21. The van der Waals surface area contributed by atoms with Gasteiger partial charge in [-0.15, -0.1) is 0 Å². The maximum Gasteiger partial charge on any atom is 0.434 e. The molecule has 0 saturated carbocycles. The molecule has 0 aliphatic carbocycles. The standard InChI is InChI=1S/C11H5ClF4N2O2/c12-7-3-5(1-2-8(7)13)18-9(11(14,15)16)6(4-17-18)10(19)20/h1-4H,(H,19,20). The lowest BCUT2D eigenvalue weighted by Crippen LogP contribution is -2.17. The summed E-state index contributed by atoms with van der Waals surface area (Å²) in [5, 5.41) is 11.7. The fraction of sp³-hybridized carbons (Fsp3) is 0.0909. The Bertz CT molecular complexity index is 682. The predicted octanol–water partition coefficient (Wildman–Crippen LogP) is 3.38. The summed E-state index contributed by atoms with van der Waals surface area (Å²) in [5.74, 6) is -2.58. The van der Waals surface area contributed by atoms with Crippen LogP contribution in [0.15, 0.2) is 24.4 Å². The molecule has 0 saturated heterocycles. The van der Waals surface area contributed by atoms with Crippen molar-refractivity contribution in [2.24, 2.45) is 0 Å². The molecule has 9 heteroatoms. The Morgan fingerprint density at radius 2 is 2.00 bits per heavy atom. The summed E-state index contributed by atoms with van der Waals surface area (Å²) in [6.07, 6.45) is -4.37. The van der Waals surface area contributed by atoms with Crippen molar-refractivity contribution in [3.8, 4) is 5.69 Å². The molecule has 1 aromatic heterocycles. The van der Waals surface area contributed by atoms with E-state index in [1.165, 1.54) is 0 Å². The number of halogens is 5. The maximum atomic E-state index is 13.0. The highest BCUT2D eigenvalue weighted by Gasteiger charge is 2.40. The molecule has 0 atom stereocenters. The van der Waals surface area contributed by atoms with E-state index in [0.29, 0.717) is 10.9 Å². The fourth-order valence-electron chi connectivity index (χ4n) is 1.59. The minimum atomic E-state index is -4.94. The van der Waals surface area contributed by atoms with Crippen LogP contribution in [0.1, 0.15) is 16.1 Å². The zero-order valence-corrected chi connectivity index (χ0v) is 10.2. The van der Waals surface area contributed by atoms with Gasteiger partial charge in [0.2, 0.25) is 0 Å². The molecule has 1 heterocycles. The molecule has 20 heavy (non-hydrogen) atoms. The van der Waals surface area contributed by atoms with Gasteiger partial charge in [0.25, 0.3) is 0 Å². The number of carboxylic acids is 1. The lowest BCUT2D eigenvalue weighted by Gasteiger charge is -2.11. The van der Waals surface area contributed by atoms with E-state index >= 15 is 0 Å². The number of carbonyl (C=O) groups is 1. The molecule has 0 amide bonds. The normalized spacial score (nSPS) is 11.7. The second-order valence-corrected chi connectivity index (χ2v) is 4.13. The van der Waals surface area contributed by atoms with E-state index < -0.39 is 34.2 Å². The van der Waals surface area contributed by atoms with Gasteiger partial charge in [0, 0.05) is 0 Å². The quantitative estimate of drug-likeness (QED) is 0.865. The van der Waals surface area contributed by atoms with E-state index in [1.54, 1.807) is 0 Å². The molecule has 0 bridgehead atoms. The largest absolute Gasteiger partial charge is 0.478 e. The summed E-state index contributed by atoms with van der Waals surface area (Å²) in [6, 6.07) is 2.79. The molecule has 1 N–H and O–H groups in total. The minimum Gasteiger partial charge on any atom is -0.478 e. The van der Waals surface area contributed by atoms with Crippen LogP contribution in [0.2, 0.25) is 5.02 Å². The van der Waals surface area contributed by atoms with Crippen molar-refractivity contribution < 1.29 is 27.5 Å². The van der Waals surface area contributed by atoms with Crippen LogP contribution in [-0.2, 0) is 6.18 Å². The van der Waals surface area contributed by atoms with Gasteiger partial charge in [0.15, 0.2) is 5.69 Å². The first-order valence-electron chi connectivity index (χ1n) is 5.05. The van der Waals surface area contributed by atoms with E-state index in [9.17, 15) is 22.4 Å². The first kappa shape index (κ1) is 14.3. The number of hydrogen-bond donors (Lipinski definition) is 1. The molecule has 1 aromatic carbocycles. The molecule has 4 nitrogen and oxygen atoms in total. The van der Waals surface area contributed by atoms with Gasteiger partial charge >= 0.3 is 12.1 Å². The number of hydrogen-bond acceptors (Lipinski definition) is 2. The zero-order valence-electron chi connectivity index (χ0n) is 9.45. The Labute approximate surface area is 114 Å². The van der Waals surface area contributed by atoms with Crippen molar-refractivity contribution in [1.82, 2.24) is 9.78 Å². The van der Waals surface area contributed by atoms with Crippen LogP contribution in [0.25, 0.3) is 5.69 Å². The lowest BCUT2D eigenvalue weighted by molar-refractivity contribution is -0.143. The zero-order chi connectivity index (χ0) is 15.1. The Kier molecular flexibility index (Phi) is 3.43. The highest BCUT2D eigenvalue weighted by Crippen LogP contribution is 2.34. The number of aromatic nitrogens is 2. The monoisotopic (exact) mass is 308 g/mol. The molecule has 2 rings (SSSR count). The van der Waals surface area contributed by atoms with Crippen molar-refractivity contribution in [1.29, 1.82) is 0 Å². The molecular formula is C11H5ClF4N2O2. The van der Waals surface area contributed by atoms with Crippen LogP contribution in [0.5, 0.6) is 0 Å². The Morgan fingerprint density at radius 3 is 2.50 bits per heavy atom. The maximum absolute atomic E-state index is 13.0. The Balaban J connectivity index is 2.68. The number of alkyl halides is 3. The van der Waals surface area contributed by atoms with Crippen molar-refractivity contribution in [2.45, 2.75) is 6.18 Å². The smallest absolute Gasteiger partial charge is 0.434 e. The van der Waals surface area contributed by atoms with Gasteiger partial charge < -0.3 is 5.11 Å². The van der Waals surface area contributed by atoms with Crippen molar-refractivity contribution in [3.63, 3.8) is 0 Å². The molecule has 2 aromatic rings. The minimum absolute atomic E-state index is 0.198. The predicted molar refractivity (Wildman–Crippen MR) is 60.5 cm³/mol. The summed E-state index contributed by atoms with van der Waals surface area (Å²) >= 11 is 5.49. The SMILES string of the molecule is O=C(O)c1cnn(-c2ccc(F)c(Cl)c2)c1C(F)(F)F. The molecule has 106 valence electrons. The van der Waals surface area contributed by atoms with Gasteiger partial charge in [0.1, 0.15) is 11.4 Å². The topological polar surface area (TPSA) is 55.1 Å². The molecule has 0 fully saturated rings. The summed E-state index contributed by atoms with van der Waals surface area (Å²) in [4.78, 5) is 10.8. The van der Waals surface area contributed by atoms with Gasteiger partial charge in [-0.1, -0.05) is 11.6 Å². The van der Waals surface area contributed by atoms with Crippen LogP contribution in [0.3, 0.4) is 0 Å². The highest BCUT2D eigenvalue weighted by molar-refractivity contribution is 6.30. The first-order valence-corrected chi connectivity index (χ1v) is 5.43. The summed E-state index contributed by atoms with van der Waals surface area (Å²) in [5.41, 5.74) is -2.66. The van der Waals surface area contributed by atoms with Crippen molar-refractivity contribution in [2.75, 3.05) is 0 Å².